The number of carbonyl (C=O) groups is 1. The van der Waals surface area contributed by atoms with E-state index in [1.54, 1.807) is 14.0 Å². The third kappa shape index (κ3) is 3.80. The van der Waals surface area contributed by atoms with Crippen LogP contribution in [0.3, 0.4) is 0 Å². The van der Waals surface area contributed by atoms with E-state index in [1.807, 2.05) is 24.3 Å². The second kappa shape index (κ2) is 5.61. The maximum absolute atomic E-state index is 11.2. The van der Waals surface area contributed by atoms with Gasteiger partial charge in [0.25, 0.3) is 0 Å². The van der Waals surface area contributed by atoms with Crippen LogP contribution in [0, 0.1) is 0 Å². The zero-order chi connectivity index (χ0) is 11.3. The molecule has 1 atom stereocenters. The van der Waals surface area contributed by atoms with Crippen LogP contribution in [0.5, 0.6) is 5.75 Å². The predicted octanol–water partition coefficient (Wildman–Crippen LogP) is 1.94. The minimum absolute atomic E-state index is 0.167. The SMILES string of the molecule is COc1cccc(CNC(=O)C(C)Cl)c1. The van der Waals surface area contributed by atoms with Crippen LogP contribution in [0.25, 0.3) is 0 Å². The van der Waals surface area contributed by atoms with Crippen LogP contribution in [0.1, 0.15) is 12.5 Å². The lowest BCUT2D eigenvalue weighted by molar-refractivity contribution is -0.120. The number of benzene rings is 1. The molecule has 0 heterocycles. The van der Waals surface area contributed by atoms with Crippen LogP contribution < -0.4 is 10.1 Å². The molecule has 0 aliphatic rings. The summed E-state index contributed by atoms with van der Waals surface area (Å²) in [7, 11) is 1.61. The van der Waals surface area contributed by atoms with Crippen molar-refractivity contribution in [1.82, 2.24) is 5.32 Å². The Kier molecular flexibility index (Phi) is 4.43. The highest BCUT2D eigenvalue weighted by Gasteiger charge is 2.07. The van der Waals surface area contributed by atoms with Crippen molar-refractivity contribution >= 4 is 17.5 Å². The molecular weight excluding hydrogens is 214 g/mol. The molecule has 82 valence electrons. The molecule has 3 nitrogen and oxygen atoms in total. The number of rotatable bonds is 4. The van der Waals surface area contributed by atoms with Crippen molar-refractivity contribution in [3.8, 4) is 5.75 Å². The Bertz CT molecular complexity index is 339. The van der Waals surface area contributed by atoms with Gasteiger partial charge in [0.15, 0.2) is 0 Å². The van der Waals surface area contributed by atoms with Gasteiger partial charge in [-0.25, -0.2) is 0 Å². The average Bonchev–Trinajstić information content (AvgIpc) is 2.26. The normalized spacial score (nSPS) is 11.9. The van der Waals surface area contributed by atoms with Gasteiger partial charge >= 0.3 is 0 Å². The van der Waals surface area contributed by atoms with Gasteiger partial charge in [-0.15, -0.1) is 11.6 Å². The molecule has 0 aliphatic carbocycles. The maximum atomic E-state index is 11.2. The first-order valence-electron chi connectivity index (χ1n) is 4.68. The summed E-state index contributed by atoms with van der Waals surface area (Å²) in [5.74, 6) is 0.611. The average molecular weight is 228 g/mol. The van der Waals surface area contributed by atoms with Crippen LogP contribution in [0.2, 0.25) is 0 Å². The maximum Gasteiger partial charge on any atom is 0.238 e. The molecule has 1 unspecified atom stereocenters. The third-order valence-electron chi connectivity index (χ3n) is 1.96. The molecule has 0 saturated heterocycles. The zero-order valence-corrected chi connectivity index (χ0v) is 9.54. The number of hydrogen-bond acceptors (Lipinski definition) is 2. The van der Waals surface area contributed by atoms with Crippen LogP contribution >= 0.6 is 11.6 Å². The summed E-state index contributed by atoms with van der Waals surface area (Å²) in [4.78, 5) is 11.2. The van der Waals surface area contributed by atoms with E-state index in [2.05, 4.69) is 5.32 Å². The van der Waals surface area contributed by atoms with Crippen molar-refractivity contribution in [1.29, 1.82) is 0 Å². The van der Waals surface area contributed by atoms with Crippen molar-refractivity contribution < 1.29 is 9.53 Å². The van der Waals surface area contributed by atoms with Gasteiger partial charge in [-0.05, 0) is 24.6 Å². The molecular formula is C11H14ClNO2. The Balaban J connectivity index is 2.54. The summed E-state index contributed by atoms with van der Waals surface area (Å²) in [5.41, 5.74) is 0.986. The molecule has 4 heteroatoms. The Morgan fingerprint density at radius 2 is 2.33 bits per heavy atom. The van der Waals surface area contributed by atoms with Crippen molar-refractivity contribution in [3.05, 3.63) is 29.8 Å². The molecule has 0 aliphatic heterocycles. The fourth-order valence-electron chi connectivity index (χ4n) is 1.11. The first-order valence-corrected chi connectivity index (χ1v) is 5.12. The minimum Gasteiger partial charge on any atom is -0.497 e. The molecule has 1 amide bonds. The Hall–Kier alpha value is -1.22. The predicted molar refractivity (Wildman–Crippen MR) is 60.2 cm³/mol. The Morgan fingerprint density at radius 1 is 1.60 bits per heavy atom. The Labute approximate surface area is 94.4 Å². The van der Waals surface area contributed by atoms with E-state index in [1.165, 1.54) is 0 Å². The second-order valence-electron chi connectivity index (χ2n) is 3.19. The van der Waals surface area contributed by atoms with Gasteiger partial charge in [-0.1, -0.05) is 12.1 Å². The molecule has 15 heavy (non-hydrogen) atoms. The summed E-state index contributed by atoms with van der Waals surface area (Å²) < 4.78 is 5.07. The highest BCUT2D eigenvalue weighted by atomic mass is 35.5. The molecule has 0 saturated carbocycles. The Morgan fingerprint density at radius 3 is 2.93 bits per heavy atom. The van der Waals surface area contributed by atoms with E-state index in [0.717, 1.165) is 11.3 Å². The first kappa shape index (κ1) is 11.9. The van der Waals surface area contributed by atoms with Gasteiger partial charge in [-0.3, -0.25) is 4.79 Å². The van der Waals surface area contributed by atoms with E-state index in [4.69, 9.17) is 16.3 Å². The lowest BCUT2D eigenvalue weighted by Crippen LogP contribution is -2.28. The van der Waals surface area contributed by atoms with Gasteiger partial charge in [0.2, 0.25) is 5.91 Å². The first-order chi connectivity index (χ1) is 7.13. The van der Waals surface area contributed by atoms with E-state index < -0.39 is 5.38 Å². The van der Waals surface area contributed by atoms with Gasteiger partial charge in [0, 0.05) is 6.54 Å². The van der Waals surface area contributed by atoms with E-state index in [-0.39, 0.29) is 5.91 Å². The van der Waals surface area contributed by atoms with Gasteiger partial charge in [0.1, 0.15) is 11.1 Å². The quantitative estimate of drug-likeness (QED) is 0.799. The fourth-order valence-corrected chi connectivity index (χ4v) is 1.19. The molecule has 1 rings (SSSR count). The summed E-state index contributed by atoms with van der Waals surface area (Å²) in [6, 6.07) is 7.53. The van der Waals surface area contributed by atoms with Crippen LogP contribution in [0.15, 0.2) is 24.3 Å². The lowest BCUT2D eigenvalue weighted by atomic mass is 10.2. The van der Waals surface area contributed by atoms with E-state index >= 15 is 0 Å². The van der Waals surface area contributed by atoms with E-state index in [0.29, 0.717) is 6.54 Å². The standard InChI is InChI=1S/C11H14ClNO2/c1-8(12)11(14)13-7-9-4-3-5-10(6-9)15-2/h3-6,8H,7H2,1-2H3,(H,13,14). The number of carbonyl (C=O) groups excluding carboxylic acids is 1. The topological polar surface area (TPSA) is 38.3 Å². The number of amides is 1. The summed E-state index contributed by atoms with van der Waals surface area (Å²) in [6.07, 6.45) is 0. The van der Waals surface area contributed by atoms with Crippen molar-refractivity contribution in [2.24, 2.45) is 0 Å². The van der Waals surface area contributed by atoms with Crippen molar-refractivity contribution in [2.75, 3.05) is 7.11 Å². The summed E-state index contributed by atoms with van der Waals surface area (Å²) in [6.45, 7) is 2.11. The van der Waals surface area contributed by atoms with Crippen LogP contribution in [0.4, 0.5) is 0 Å². The largest absolute Gasteiger partial charge is 0.497 e. The number of halogens is 1. The van der Waals surface area contributed by atoms with Gasteiger partial charge in [0.05, 0.1) is 7.11 Å². The minimum atomic E-state index is -0.504. The van der Waals surface area contributed by atoms with Gasteiger partial charge < -0.3 is 10.1 Å². The number of nitrogens with one attached hydrogen (secondary N) is 1. The van der Waals surface area contributed by atoms with Crippen LogP contribution in [-0.2, 0) is 11.3 Å². The highest BCUT2D eigenvalue weighted by Crippen LogP contribution is 2.12. The van der Waals surface area contributed by atoms with E-state index in [9.17, 15) is 4.79 Å². The molecule has 0 fully saturated rings. The molecule has 0 radical (unpaired) electrons. The highest BCUT2D eigenvalue weighted by molar-refractivity contribution is 6.30. The number of methoxy groups -OCH3 is 1. The molecule has 1 N–H and O–H groups in total. The number of alkyl halides is 1. The zero-order valence-electron chi connectivity index (χ0n) is 8.79. The molecule has 1 aromatic rings. The smallest absolute Gasteiger partial charge is 0.238 e. The lowest BCUT2D eigenvalue weighted by Gasteiger charge is -2.07. The number of ether oxygens (including phenoxy) is 1. The molecule has 0 spiro atoms. The third-order valence-corrected chi connectivity index (χ3v) is 2.16. The monoisotopic (exact) mass is 227 g/mol. The van der Waals surface area contributed by atoms with Crippen molar-refractivity contribution in [3.63, 3.8) is 0 Å². The number of hydrogen-bond donors (Lipinski definition) is 1. The van der Waals surface area contributed by atoms with Crippen molar-refractivity contribution in [2.45, 2.75) is 18.8 Å². The summed E-state index contributed by atoms with van der Waals surface area (Å²) in [5, 5.41) is 2.22. The fraction of sp³-hybridized carbons (Fsp3) is 0.364. The molecule has 1 aromatic carbocycles. The molecule has 0 aromatic heterocycles. The summed E-state index contributed by atoms with van der Waals surface area (Å²) >= 11 is 5.62. The molecule has 0 bridgehead atoms. The van der Waals surface area contributed by atoms with Crippen LogP contribution in [-0.4, -0.2) is 18.4 Å². The van der Waals surface area contributed by atoms with Gasteiger partial charge in [-0.2, -0.15) is 0 Å². The second-order valence-corrected chi connectivity index (χ2v) is 3.84.